The van der Waals surface area contributed by atoms with E-state index in [1.165, 1.54) is 4.90 Å². The molecule has 19 heavy (non-hydrogen) atoms. The lowest BCUT2D eigenvalue weighted by Crippen LogP contribution is -2.52. The van der Waals surface area contributed by atoms with Crippen LogP contribution < -0.4 is 0 Å². The normalized spacial score (nSPS) is 19.9. The molecule has 0 saturated carbocycles. The third-order valence-corrected chi connectivity index (χ3v) is 5.20. The van der Waals surface area contributed by atoms with Crippen molar-refractivity contribution in [3.8, 4) is 0 Å². The van der Waals surface area contributed by atoms with Gasteiger partial charge in [-0.05, 0) is 33.6 Å². The SMILES string of the molecule is CC(C)(C)OC(=O)N1CCC(C=O)(S(C)(=O)=O)CC1. The molecule has 1 amide bonds. The smallest absolute Gasteiger partial charge is 0.410 e. The largest absolute Gasteiger partial charge is 0.444 e. The van der Waals surface area contributed by atoms with E-state index in [9.17, 15) is 18.0 Å². The Morgan fingerprint density at radius 3 is 2.05 bits per heavy atom. The predicted octanol–water partition coefficient (Wildman–Crippen LogP) is 1.000. The summed E-state index contributed by atoms with van der Waals surface area (Å²) in [5.41, 5.74) is -0.590. The van der Waals surface area contributed by atoms with Gasteiger partial charge in [0, 0.05) is 19.3 Å². The summed E-state index contributed by atoms with van der Waals surface area (Å²) >= 11 is 0. The van der Waals surface area contributed by atoms with Crippen molar-refractivity contribution in [3.63, 3.8) is 0 Å². The topological polar surface area (TPSA) is 80.8 Å². The van der Waals surface area contributed by atoms with Crippen LogP contribution in [0.4, 0.5) is 4.79 Å². The van der Waals surface area contributed by atoms with Gasteiger partial charge in [-0.25, -0.2) is 13.2 Å². The second-order valence-corrected chi connectivity index (χ2v) is 8.28. The Bertz CT molecular complexity index is 455. The van der Waals surface area contributed by atoms with Crippen LogP contribution >= 0.6 is 0 Å². The molecule has 110 valence electrons. The standard InChI is InChI=1S/C12H21NO5S/c1-11(2,3)18-10(15)13-7-5-12(9-14,6-8-13)19(4,16)17/h9H,5-8H2,1-4H3. The maximum Gasteiger partial charge on any atom is 0.410 e. The second kappa shape index (κ2) is 5.11. The number of aldehydes is 1. The van der Waals surface area contributed by atoms with Crippen molar-refractivity contribution < 1.29 is 22.7 Å². The predicted molar refractivity (Wildman–Crippen MR) is 70.7 cm³/mol. The Labute approximate surface area is 114 Å². The van der Waals surface area contributed by atoms with E-state index >= 15 is 0 Å². The number of hydrogen-bond donors (Lipinski definition) is 0. The number of ether oxygens (including phenoxy) is 1. The van der Waals surface area contributed by atoms with E-state index in [1.807, 2.05) is 0 Å². The van der Waals surface area contributed by atoms with E-state index in [2.05, 4.69) is 0 Å². The van der Waals surface area contributed by atoms with Gasteiger partial charge in [0.05, 0.1) is 0 Å². The lowest BCUT2D eigenvalue weighted by Gasteiger charge is -2.37. The fourth-order valence-electron chi connectivity index (χ4n) is 1.97. The van der Waals surface area contributed by atoms with Crippen LogP contribution in [-0.4, -0.2) is 55.4 Å². The first-order chi connectivity index (χ1) is 8.51. The van der Waals surface area contributed by atoms with Crippen LogP contribution in [0.15, 0.2) is 0 Å². The van der Waals surface area contributed by atoms with E-state index in [4.69, 9.17) is 4.74 Å². The zero-order chi connectivity index (χ0) is 14.9. The maximum atomic E-state index is 11.8. The molecule has 0 aliphatic carbocycles. The average Bonchev–Trinajstić information content (AvgIpc) is 2.25. The first-order valence-corrected chi connectivity index (χ1v) is 8.04. The van der Waals surface area contributed by atoms with Gasteiger partial charge >= 0.3 is 6.09 Å². The van der Waals surface area contributed by atoms with Gasteiger partial charge in [-0.15, -0.1) is 0 Å². The van der Waals surface area contributed by atoms with Crippen molar-refractivity contribution in [1.29, 1.82) is 0 Å². The summed E-state index contributed by atoms with van der Waals surface area (Å²) in [7, 11) is -3.47. The van der Waals surface area contributed by atoms with Crippen molar-refractivity contribution in [3.05, 3.63) is 0 Å². The second-order valence-electron chi connectivity index (χ2n) is 5.92. The number of carbonyl (C=O) groups excluding carboxylic acids is 2. The van der Waals surface area contributed by atoms with Crippen LogP contribution in [0.2, 0.25) is 0 Å². The maximum absolute atomic E-state index is 11.8. The van der Waals surface area contributed by atoms with Crippen molar-refractivity contribution in [2.24, 2.45) is 0 Å². The van der Waals surface area contributed by atoms with Crippen LogP contribution in [-0.2, 0) is 19.4 Å². The van der Waals surface area contributed by atoms with Crippen LogP contribution in [0.3, 0.4) is 0 Å². The third-order valence-electron chi connectivity index (χ3n) is 3.21. The number of amides is 1. The Kier molecular flexibility index (Phi) is 4.29. The molecule has 1 fully saturated rings. The highest BCUT2D eigenvalue weighted by Crippen LogP contribution is 2.29. The Morgan fingerprint density at radius 2 is 1.74 bits per heavy atom. The number of rotatable bonds is 2. The van der Waals surface area contributed by atoms with Crippen LogP contribution in [0, 0.1) is 0 Å². The first-order valence-electron chi connectivity index (χ1n) is 6.15. The van der Waals surface area contributed by atoms with Gasteiger partial charge in [0.15, 0.2) is 9.84 Å². The molecule has 0 radical (unpaired) electrons. The minimum atomic E-state index is -3.47. The first kappa shape index (κ1) is 15.9. The number of hydrogen-bond acceptors (Lipinski definition) is 5. The molecule has 0 aromatic carbocycles. The number of sulfone groups is 1. The molecule has 0 aromatic heterocycles. The molecule has 0 spiro atoms. The van der Waals surface area contributed by atoms with Gasteiger partial charge < -0.3 is 14.4 Å². The Balaban J connectivity index is 2.72. The summed E-state index contributed by atoms with van der Waals surface area (Å²) in [5.74, 6) is 0. The number of piperidine rings is 1. The van der Waals surface area contributed by atoms with Crippen molar-refractivity contribution in [1.82, 2.24) is 4.90 Å². The number of nitrogens with zero attached hydrogens (tertiary/aromatic N) is 1. The van der Waals surface area contributed by atoms with Gasteiger partial charge in [0.2, 0.25) is 0 Å². The summed E-state index contributed by atoms with van der Waals surface area (Å²) in [5, 5.41) is 0. The average molecular weight is 291 g/mol. The zero-order valence-electron chi connectivity index (χ0n) is 11.8. The Hall–Kier alpha value is -1.11. The van der Waals surface area contributed by atoms with Gasteiger partial charge in [0.25, 0.3) is 0 Å². The minimum absolute atomic E-state index is 0.120. The van der Waals surface area contributed by atoms with Gasteiger partial charge in [0.1, 0.15) is 16.6 Å². The molecule has 0 bridgehead atoms. The number of likely N-dealkylation sites (tertiary alicyclic amines) is 1. The highest BCUT2D eigenvalue weighted by molar-refractivity contribution is 7.92. The fraction of sp³-hybridized carbons (Fsp3) is 0.833. The summed E-state index contributed by atoms with van der Waals surface area (Å²) in [6.07, 6.45) is 1.32. The molecule has 0 atom stereocenters. The Morgan fingerprint density at radius 1 is 1.26 bits per heavy atom. The molecule has 7 heteroatoms. The van der Waals surface area contributed by atoms with Gasteiger partial charge in [-0.2, -0.15) is 0 Å². The highest BCUT2D eigenvalue weighted by Gasteiger charge is 2.44. The molecule has 1 aliphatic heterocycles. The third kappa shape index (κ3) is 3.68. The number of carbonyl (C=O) groups is 2. The van der Waals surface area contributed by atoms with E-state index in [-0.39, 0.29) is 25.9 Å². The van der Waals surface area contributed by atoms with Crippen molar-refractivity contribution >= 4 is 22.2 Å². The van der Waals surface area contributed by atoms with Crippen LogP contribution in [0.1, 0.15) is 33.6 Å². The summed E-state index contributed by atoms with van der Waals surface area (Å²) < 4.78 is 27.2. The van der Waals surface area contributed by atoms with Crippen molar-refractivity contribution in [2.75, 3.05) is 19.3 Å². The van der Waals surface area contributed by atoms with E-state index in [0.717, 1.165) is 6.26 Å². The van der Waals surface area contributed by atoms with Gasteiger partial charge in [-0.1, -0.05) is 0 Å². The molecule has 1 aliphatic rings. The summed E-state index contributed by atoms with van der Waals surface area (Å²) in [4.78, 5) is 24.4. The molecule has 1 heterocycles. The lowest BCUT2D eigenvalue weighted by molar-refractivity contribution is -0.111. The summed E-state index contributed by atoms with van der Waals surface area (Å²) in [6, 6.07) is 0. The van der Waals surface area contributed by atoms with E-state index < -0.39 is 26.3 Å². The van der Waals surface area contributed by atoms with E-state index in [1.54, 1.807) is 20.8 Å². The monoisotopic (exact) mass is 291 g/mol. The van der Waals surface area contributed by atoms with Crippen LogP contribution in [0.25, 0.3) is 0 Å². The van der Waals surface area contributed by atoms with Crippen LogP contribution in [0.5, 0.6) is 0 Å². The highest BCUT2D eigenvalue weighted by atomic mass is 32.2. The molecule has 6 nitrogen and oxygen atoms in total. The van der Waals surface area contributed by atoms with E-state index in [0.29, 0.717) is 6.29 Å². The lowest BCUT2D eigenvalue weighted by atomic mass is 9.97. The molecule has 0 unspecified atom stereocenters. The molecular weight excluding hydrogens is 270 g/mol. The zero-order valence-corrected chi connectivity index (χ0v) is 12.6. The van der Waals surface area contributed by atoms with Crippen molar-refractivity contribution in [2.45, 2.75) is 44.0 Å². The minimum Gasteiger partial charge on any atom is -0.444 e. The molecule has 1 saturated heterocycles. The molecular formula is C12H21NO5S. The molecule has 1 rings (SSSR count). The summed E-state index contributed by atoms with van der Waals surface area (Å²) in [6.45, 7) is 5.71. The molecule has 0 aromatic rings. The quantitative estimate of drug-likeness (QED) is 0.709. The fourth-order valence-corrected chi connectivity index (χ4v) is 3.07. The molecule has 0 N–H and O–H groups in total. The van der Waals surface area contributed by atoms with Gasteiger partial charge in [-0.3, -0.25) is 0 Å².